The van der Waals surface area contributed by atoms with E-state index < -0.39 is 26.8 Å². The molecule has 0 fully saturated rings. The molecule has 0 aliphatic carbocycles. The highest BCUT2D eigenvalue weighted by atomic mass is 32.2. The van der Waals surface area contributed by atoms with Gasteiger partial charge in [-0.1, -0.05) is 18.2 Å². The van der Waals surface area contributed by atoms with E-state index in [1.807, 2.05) is 18.2 Å². The van der Waals surface area contributed by atoms with E-state index in [1.165, 1.54) is 13.8 Å². The molecule has 0 aromatic heterocycles. The van der Waals surface area contributed by atoms with Crippen LogP contribution in [-0.2, 0) is 26.8 Å². The number of fused-ring (bicyclic) bond motifs is 1. The molecule has 0 bridgehead atoms. The van der Waals surface area contributed by atoms with Gasteiger partial charge in [-0.25, -0.2) is 0 Å². The highest BCUT2D eigenvalue weighted by molar-refractivity contribution is 7.88. The zero-order valence-electron chi connectivity index (χ0n) is 11.4. The Morgan fingerprint density at radius 1 is 1.40 bits per heavy atom. The third-order valence-electron chi connectivity index (χ3n) is 3.52. The van der Waals surface area contributed by atoms with Crippen LogP contribution in [0.3, 0.4) is 0 Å². The zero-order chi connectivity index (χ0) is 14.9. The van der Waals surface area contributed by atoms with Crippen LogP contribution in [0.15, 0.2) is 24.3 Å². The van der Waals surface area contributed by atoms with Crippen molar-refractivity contribution in [2.24, 2.45) is 0 Å². The van der Waals surface area contributed by atoms with Gasteiger partial charge in [0.05, 0.1) is 10.8 Å². The van der Waals surface area contributed by atoms with Crippen LogP contribution in [0.4, 0.5) is 5.69 Å². The zero-order valence-corrected chi connectivity index (χ0v) is 12.2. The molecular formula is C14H17NO4S. The maximum atomic E-state index is 12.4. The van der Waals surface area contributed by atoms with Gasteiger partial charge in [0.15, 0.2) is 0 Å². The molecule has 2 N–H and O–H groups in total. The molecule has 2 unspecified atom stereocenters. The average Bonchev–Trinajstić information content (AvgIpc) is 2.56. The molecular weight excluding hydrogens is 278 g/mol. The molecule has 1 heterocycles. The number of carboxylic acid groups (broad SMARTS) is 1. The molecule has 20 heavy (non-hydrogen) atoms. The number of benzene rings is 1. The van der Waals surface area contributed by atoms with E-state index in [2.05, 4.69) is 5.32 Å². The first kappa shape index (κ1) is 14.7. The molecule has 1 aromatic carbocycles. The van der Waals surface area contributed by atoms with Gasteiger partial charge in [-0.15, -0.1) is 0 Å². The lowest BCUT2D eigenvalue weighted by atomic mass is 10.1. The first-order valence-electron chi connectivity index (χ1n) is 6.37. The molecule has 2 rings (SSSR count). The van der Waals surface area contributed by atoms with E-state index in [0.717, 1.165) is 5.56 Å². The van der Waals surface area contributed by atoms with E-state index >= 15 is 0 Å². The molecule has 0 spiro atoms. The van der Waals surface area contributed by atoms with Crippen LogP contribution in [0.25, 0.3) is 0 Å². The number of anilines is 1. The number of nitrogens with one attached hydrogen (secondary N) is 1. The third-order valence-corrected chi connectivity index (χ3v) is 5.67. The summed E-state index contributed by atoms with van der Waals surface area (Å²) >= 11 is 0. The molecule has 1 aliphatic heterocycles. The van der Waals surface area contributed by atoms with Crippen LogP contribution in [0.5, 0.6) is 0 Å². The molecule has 0 saturated carbocycles. The minimum atomic E-state index is -1.79. The number of aryl methyl sites for hydroxylation is 1. The van der Waals surface area contributed by atoms with Crippen molar-refractivity contribution >= 4 is 28.4 Å². The van der Waals surface area contributed by atoms with Crippen molar-refractivity contribution < 1.29 is 18.9 Å². The second kappa shape index (κ2) is 5.36. The predicted octanol–water partition coefficient (Wildman–Crippen LogP) is 1.55. The van der Waals surface area contributed by atoms with Crippen LogP contribution in [0.1, 0.15) is 25.8 Å². The predicted molar refractivity (Wildman–Crippen MR) is 77.0 cm³/mol. The average molecular weight is 295 g/mol. The summed E-state index contributed by atoms with van der Waals surface area (Å²) in [6, 6.07) is 7.39. The highest BCUT2D eigenvalue weighted by Gasteiger charge is 2.42. The fourth-order valence-electron chi connectivity index (χ4n) is 2.14. The summed E-state index contributed by atoms with van der Waals surface area (Å²) in [4.78, 5) is 23.4. The van der Waals surface area contributed by atoms with Crippen molar-refractivity contribution in [3.8, 4) is 0 Å². The Hall–Kier alpha value is -1.69. The van der Waals surface area contributed by atoms with E-state index in [0.29, 0.717) is 18.5 Å². The Kier molecular flexibility index (Phi) is 3.94. The fraction of sp³-hybridized carbons (Fsp3) is 0.429. The van der Waals surface area contributed by atoms with Gasteiger partial charge in [0.1, 0.15) is 10.00 Å². The second-order valence-electron chi connectivity index (χ2n) is 5.29. The van der Waals surface area contributed by atoms with Crippen LogP contribution in [-0.4, -0.2) is 31.2 Å². The summed E-state index contributed by atoms with van der Waals surface area (Å²) in [7, 11) is -1.79. The van der Waals surface area contributed by atoms with E-state index in [1.54, 1.807) is 6.07 Å². The van der Waals surface area contributed by atoms with Crippen LogP contribution in [0.2, 0.25) is 0 Å². The molecule has 6 heteroatoms. The molecule has 5 nitrogen and oxygen atoms in total. The summed E-state index contributed by atoms with van der Waals surface area (Å²) in [5, 5.41) is 11.1. The quantitative estimate of drug-likeness (QED) is 0.886. The Morgan fingerprint density at radius 2 is 2.05 bits per heavy atom. The van der Waals surface area contributed by atoms with Crippen molar-refractivity contribution in [3.63, 3.8) is 0 Å². The molecule has 108 valence electrons. The largest absolute Gasteiger partial charge is 0.480 e. The van der Waals surface area contributed by atoms with Gasteiger partial charge in [0.2, 0.25) is 5.91 Å². The van der Waals surface area contributed by atoms with Gasteiger partial charge in [0.25, 0.3) is 0 Å². The van der Waals surface area contributed by atoms with Crippen molar-refractivity contribution in [3.05, 3.63) is 29.8 Å². The first-order chi connectivity index (χ1) is 9.34. The number of carbonyl (C=O) groups is 2. The van der Waals surface area contributed by atoms with Gasteiger partial charge in [-0.2, -0.15) is 0 Å². The number of rotatable bonds is 3. The topological polar surface area (TPSA) is 83.5 Å². The van der Waals surface area contributed by atoms with E-state index in [9.17, 15) is 13.8 Å². The third kappa shape index (κ3) is 2.60. The van der Waals surface area contributed by atoms with Crippen LogP contribution >= 0.6 is 0 Å². The number of para-hydroxylation sites is 1. The number of hydrogen-bond donors (Lipinski definition) is 2. The molecule has 1 aliphatic rings. The second-order valence-corrected chi connectivity index (χ2v) is 7.47. The lowest BCUT2D eigenvalue weighted by molar-refractivity contribution is -0.139. The molecule has 0 radical (unpaired) electrons. The number of hydrogen-bond acceptors (Lipinski definition) is 3. The first-order valence-corrected chi connectivity index (χ1v) is 7.58. The number of carbonyl (C=O) groups excluding carboxylic acids is 1. The lowest BCUT2D eigenvalue weighted by Crippen LogP contribution is -2.45. The minimum Gasteiger partial charge on any atom is -0.480 e. The highest BCUT2D eigenvalue weighted by Crippen LogP contribution is 2.27. The number of aliphatic carboxylic acids is 1. The summed E-state index contributed by atoms with van der Waals surface area (Å²) in [5.41, 5.74) is 1.69. The SMILES string of the molecule is CC(C)(C(=O)O)S(=O)C1CCc2ccccc2NC1=O. The van der Waals surface area contributed by atoms with Crippen LogP contribution in [0, 0.1) is 0 Å². The summed E-state index contributed by atoms with van der Waals surface area (Å²) < 4.78 is 11.0. The van der Waals surface area contributed by atoms with Gasteiger partial charge in [0, 0.05) is 5.69 Å². The Balaban J connectivity index is 2.27. The van der Waals surface area contributed by atoms with Gasteiger partial charge in [-0.3, -0.25) is 13.8 Å². The number of amides is 1. The summed E-state index contributed by atoms with van der Waals surface area (Å²) in [5.74, 6) is -1.53. The Bertz CT molecular complexity index is 582. The Labute approximate surface area is 119 Å². The number of carboxylic acids is 1. The molecule has 1 aromatic rings. The van der Waals surface area contributed by atoms with Crippen molar-refractivity contribution in [1.82, 2.24) is 0 Å². The normalized spacial score (nSPS) is 20.5. The molecule has 2 atom stereocenters. The summed E-state index contributed by atoms with van der Waals surface area (Å²) in [6.07, 6.45) is 0.979. The maximum absolute atomic E-state index is 12.4. The van der Waals surface area contributed by atoms with Crippen LogP contribution < -0.4 is 5.32 Å². The summed E-state index contributed by atoms with van der Waals surface area (Å²) in [6.45, 7) is 2.77. The fourth-order valence-corrected chi connectivity index (χ4v) is 3.61. The molecule has 0 saturated heterocycles. The smallest absolute Gasteiger partial charge is 0.321 e. The standard InChI is InChI=1S/C14H17NO4S/c1-14(2,13(17)18)20(19)11-8-7-9-5-3-4-6-10(9)15-12(11)16/h3-6,11H,7-8H2,1-2H3,(H,15,16)(H,17,18). The van der Waals surface area contributed by atoms with Crippen molar-refractivity contribution in [2.45, 2.75) is 36.7 Å². The van der Waals surface area contributed by atoms with Crippen molar-refractivity contribution in [1.29, 1.82) is 0 Å². The Morgan fingerprint density at radius 3 is 2.70 bits per heavy atom. The maximum Gasteiger partial charge on any atom is 0.321 e. The van der Waals surface area contributed by atoms with Gasteiger partial charge < -0.3 is 10.4 Å². The lowest BCUT2D eigenvalue weighted by Gasteiger charge is -2.23. The van der Waals surface area contributed by atoms with Gasteiger partial charge in [-0.05, 0) is 38.3 Å². The van der Waals surface area contributed by atoms with Crippen molar-refractivity contribution in [2.75, 3.05) is 5.32 Å². The minimum absolute atomic E-state index is 0.373. The van der Waals surface area contributed by atoms with Gasteiger partial charge >= 0.3 is 5.97 Å². The van der Waals surface area contributed by atoms with E-state index in [-0.39, 0.29) is 5.91 Å². The monoisotopic (exact) mass is 295 g/mol. The molecule has 1 amide bonds. The van der Waals surface area contributed by atoms with E-state index in [4.69, 9.17) is 5.11 Å².